The van der Waals surface area contributed by atoms with E-state index >= 15 is 0 Å². The number of carbonyl (C=O) groups is 1. The lowest BCUT2D eigenvalue weighted by molar-refractivity contribution is -0.128. The van der Waals surface area contributed by atoms with Gasteiger partial charge in [-0.15, -0.1) is 0 Å². The predicted octanol–water partition coefficient (Wildman–Crippen LogP) is 0.671. The highest BCUT2D eigenvalue weighted by atomic mass is 16.5. The number of rotatable bonds is 3. The Hall–Kier alpha value is -0.610. The molecule has 0 spiro atoms. The quantitative estimate of drug-likeness (QED) is 0.743. The zero-order chi connectivity index (χ0) is 11.4. The molecule has 1 atom stereocenters. The van der Waals surface area contributed by atoms with Gasteiger partial charge in [-0.05, 0) is 19.4 Å². The Balaban J connectivity index is 1.73. The molecular formula is C12H22N2O2. The van der Waals surface area contributed by atoms with Gasteiger partial charge in [0, 0.05) is 12.0 Å². The third kappa shape index (κ3) is 2.95. The van der Waals surface area contributed by atoms with Gasteiger partial charge in [-0.25, -0.2) is 0 Å². The molecule has 2 aliphatic heterocycles. The molecule has 2 heterocycles. The van der Waals surface area contributed by atoms with E-state index in [0.717, 1.165) is 39.1 Å². The fourth-order valence-corrected chi connectivity index (χ4v) is 2.23. The van der Waals surface area contributed by atoms with E-state index in [4.69, 9.17) is 4.74 Å². The van der Waals surface area contributed by atoms with E-state index < -0.39 is 0 Å². The van der Waals surface area contributed by atoms with Crippen LogP contribution in [-0.4, -0.2) is 38.3 Å². The van der Waals surface area contributed by atoms with Gasteiger partial charge in [-0.2, -0.15) is 0 Å². The van der Waals surface area contributed by atoms with Gasteiger partial charge in [0.15, 0.2) is 0 Å². The van der Waals surface area contributed by atoms with E-state index in [9.17, 15) is 4.79 Å². The van der Waals surface area contributed by atoms with Gasteiger partial charge in [0.05, 0.1) is 19.3 Å². The molecule has 2 rings (SSSR count). The van der Waals surface area contributed by atoms with Crippen molar-refractivity contribution < 1.29 is 9.53 Å². The third-order valence-corrected chi connectivity index (χ3v) is 3.47. The molecule has 1 unspecified atom stereocenters. The van der Waals surface area contributed by atoms with Gasteiger partial charge < -0.3 is 15.4 Å². The van der Waals surface area contributed by atoms with Crippen molar-refractivity contribution in [3.63, 3.8) is 0 Å². The first-order chi connectivity index (χ1) is 7.70. The van der Waals surface area contributed by atoms with Crippen LogP contribution in [0.1, 0.15) is 32.6 Å². The first kappa shape index (κ1) is 11.9. The molecule has 0 aromatic rings. The lowest BCUT2D eigenvalue weighted by Crippen LogP contribution is -2.52. The van der Waals surface area contributed by atoms with Crippen molar-refractivity contribution in [2.24, 2.45) is 5.41 Å². The molecule has 0 aromatic carbocycles. The second-order valence-electron chi connectivity index (χ2n) is 5.38. The van der Waals surface area contributed by atoms with Crippen molar-refractivity contribution in [2.45, 2.75) is 38.6 Å². The van der Waals surface area contributed by atoms with Crippen molar-refractivity contribution in [1.29, 1.82) is 0 Å². The largest absolute Gasteiger partial charge is 0.380 e. The summed E-state index contributed by atoms with van der Waals surface area (Å²) < 4.78 is 5.17. The smallest absolute Gasteiger partial charge is 0.237 e. The summed E-state index contributed by atoms with van der Waals surface area (Å²) in [5, 5.41) is 6.35. The maximum atomic E-state index is 11.9. The van der Waals surface area contributed by atoms with E-state index in [1.807, 2.05) is 0 Å². The Kier molecular flexibility index (Phi) is 3.82. The maximum absolute atomic E-state index is 11.9. The monoisotopic (exact) mass is 226 g/mol. The summed E-state index contributed by atoms with van der Waals surface area (Å²) in [5.74, 6) is 0.162. The molecule has 0 saturated carbocycles. The Morgan fingerprint density at radius 2 is 2.25 bits per heavy atom. The zero-order valence-corrected chi connectivity index (χ0v) is 10.1. The van der Waals surface area contributed by atoms with E-state index in [0.29, 0.717) is 0 Å². The summed E-state index contributed by atoms with van der Waals surface area (Å²) in [6, 6.07) is 0.0205. The second-order valence-corrected chi connectivity index (χ2v) is 5.38. The molecule has 92 valence electrons. The van der Waals surface area contributed by atoms with Crippen LogP contribution in [0.25, 0.3) is 0 Å². The highest BCUT2D eigenvalue weighted by molar-refractivity contribution is 5.81. The summed E-state index contributed by atoms with van der Waals surface area (Å²) in [7, 11) is 0. The summed E-state index contributed by atoms with van der Waals surface area (Å²) in [6.07, 6.45) is 4.56. The van der Waals surface area contributed by atoms with Gasteiger partial charge >= 0.3 is 0 Å². The number of ether oxygens (including phenoxy) is 1. The highest BCUT2D eigenvalue weighted by Gasteiger charge is 2.34. The molecule has 0 aliphatic carbocycles. The van der Waals surface area contributed by atoms with Gasteiger partial charge in [-0.3, -0.25) is 4.79 Å². The first-order valence-electron chi connectivity index (χ1n) is 6.28. The van der Waals surface area contributed by atoms with Crippen molar-refractivity contribution in [1.82, 2.24) is 10.6 Å². The van der Waals surface area contributed by atoms with Gasteiger partial charge in [0.2, 0.25) is 5.91 Å². The predicted molar refractivity (Wildman–Crippen MR) is 62.2 cm³/mol. The van der Waals surface area contributed by atoms with Gasteiger partial charge in [0.25, 0.3) is 0 Å². The van der Waals surface area contributed by atoms with Crippen LogP contribution >= 0.6 is 0 Å². The maximum Gasteiger partial charge on any atom is 0.237 e. The van der Waals surface area contributed by atoms with Crippen molar-refractivity contribution in [3.8, 4) is 0 Å². The lowest BCUT2D eigenvalue weighted by atomic mass is 9.88. The summed E-state index contributed by atoms with van der Waals surface area (Å²) >= 11 is 0. The first-order valence-corrected chi connectivity index (χ1v) is 6.28. The molecule has 0 radical (unpaired) electrons. The average molecular weight is 226 g/mol. The molecule has 2 aliphatic rings. The Labute approximate surface area is 97.1 Å². The van der Waals surface area contributed by atoms with Crippen LogP contribution < -0.4 is 10.6 Å². The summed E-state index contributed by atoms with van der Waals surface area (Å²) in [6.45, 7) is 5.40. The fraction of sp³-hybridized carbons (Fsp3) is 0.917. The number of amides is 1. The van der Waals surface area contributed by atoms with Gasteiger partial charge in [0.1, 0.15) is 0 Å². The van der Waals surface area contributed by atoms with E-state index in [2.05, 4.69) is 17.6 Å². The SMILES string of the molecule is CC1(CNC(=O)C2CCCCCN2)COC1. The number of hydrogen-bond acceptors (Lipinski definition) is 3. The Bertz CT molecular complexity index is 243. The molecule has 4 nitrogen and oxygen atoms in total. The Morgan fingerprint density at radius 3 is 2.94 bits per heavy atom. The molecule has 2 N–H and O–H groups in total. The number of carbonyl (C=O) groups excluding carboxylic acids is 1. The minimum atomic E-state index is 0.0205. The molecule has 2 saturated heterocycles. The van der Waals surface area contributed by atoms with E-state index in [1.54, 1.807) is 0 Å². The van der Waals surface area contributed by atoms with Crippen molar-refractivity contribution in [2.75, 3.05) is 26.3 Å². The fourth-order valence-electron chi connectivity index (χ4n) is 2.23. The summed E-state index contributed by atoms with van der Waals surface area (Å²) in [5.41, 5.74) is 0.167. The Morgan fingerprint density at radius 1 is 1.44 bits per heavy atom. The topological polar surface area (TPSA) is 50.4 Å². The van der Waals surface area contributed by atoms with Crippen LogP contribution in [0, 0.1) is 5.41 Å². The average Bonchev–Trinajstić information content (AvgIpc) is 2.51. The van der Waals surface area contributed by atoms with Crippen molar-refractivity contribution >= 4 is 5.91 Å². The molecular weight excluding hydrogens is 204 g/mol. The van der Waals surface area contributed by atoms with E-state index in [-0.39, 0.29) is 17.4 Å². The molecule has 0 aromatic heterocycles. The second kappa shape index (κ2) is 5.15. The lowest BCUT2D eigenvalue weighted by Gasteiger charge is -2.38. The van der Waals surface area contributed by atoms with Crippen LogP contribution in [-0.2, 0) is 9.53 Å². The van der Waals surface area contributed by atoms with Crippen LogP contribution in [0.5, 0.6) is 0 Å². The normalized spacial score (nSPS) is 28.9. The molecule has 0 bridgehead atoms. The molecule has 1 amide bonds. The van der Waals surface area contributed by atoms with Crippen molar-refractivity contribution in [3.05, 3.63) is 0 Å². The van der Waals surface area contributed by atoms with Gasteiger partial charge in [-0.1, -0.05) is 19.8 Å². The highest BCUT2D eigenvalue weighted by Crippen LogP contribution is 2.25. The number of nitrogens with one attached hydrogen (secondary N) is 2. The minimum Gasteiger partial charge on any atom is -0.380 e. The third-order valence-electron chi connectivity index (χ3n) is 3.47. The van der Waals surface area contributed by atoms with E-state index in [1.165, 1.54) is 12.8 Å². The summed E-state index contributed by atoms with van der Waals surface area (Å²) in [4.78, 5) is 11.9. The molecule has 4 heteroatoms. The van der Waals surface area contributed by atoms with Crippen LogP contribution in [0.4, 0.5) is 0 Å². The van der Waals surface area contributed by atoms with Crippen LogP contribution in [0.3, 0.4) is 0 Å². The molecule has 16 heavy (non-hydrogen) atoms. The minimum absolute atomic E-state index is 0.0205. The number of hydrogen-bond donors (Lipinski definition) is 2. The molecule has 2 fully saturated rings. The standard InChI is InChI=1S/C12H22N2O2/c1-12(8-16-9-12)7-14-11(15)10-5-3-2-4-6-13-10/h10,13H,2-9H2,1H3,(H,14,15). The van der Waals surface area contributed by atoms with Crippen LogP contribution in [0.2, 0.25) is 0 Å². The van der Waals surface area contributed by atoms with Crippen LogP contribution in [0.15, 0.2) is 0 Å². The zero-order valence-electron chi connectivity index (χ0n) is 10.1.